The zero-order chi connectivity index (χ0) is 22.4. The van der Waals surface area contributed by atoms with Crippen molar-refractivity contribution in [3.05, 3.63) is 35.7 Å². The van der Waals surface area contributed by atoms with Crippen molar-refractivity contribution >= 4 is 33.4 Å². The first-order chi connectivity index (χ1) is 15.4. The van der Waals surface area contributed by atoms with Crippen LogP contribution >= 0.6 is 0 Å². The van der Waals surface area contributed by atoms with Crippen molar-refractivity contribution < 1.29 is 9.13 Å². The molecular formula is C22H25FN8O. The lowest BCUT2D eigenvalue weighted by Crippen LogP contribution is -2.46. The number of hydrogen-bond donors (Lipinski definition) is 3. The molecule has 166 valence electrons. The van der Waals surface area contributed by atoms with Gasteiger partial charge in [-0.05, 0) is 31.4 Å². The molecule has 1 atom stereocenters. The number of aromatic amines is 1. The number of nitrogens with zero attached hydrogens (tertiary/aromatic N) is 5. The number of anilines is 2. The molecule has 1 aliphatic rings. The number of nitrogens with one attached hydrogen (secondary N) is 3. The highest BCUT2D eigenvalue weighted by atomic mass is 19.1. The summed E-state index contributed by atoms with van der Waals surface area (Å²) >= 11 is 0. The molecule has 10 heteroatoms. The number of rotatable bonds is 4. The Morgan fingerprint density at radius 3 is 2.69 bits per heavy atom. The Hall–Kier alpha value is -3.53. The minimum atomic E-state index is -0.282. The molecule has 1 unspecified atom stereocenters. The summed E-state index contributed by atoms with van der Waals surface area (Å²) in [5.74, 6) is 1.94. The number of H-pyrrole nitrogens is 1. The molecule has 1 aliphatic heterocycles. The number of halogens is 1. The molecule has 3 N–H and O–H groups in total. The number of ether oxygens (including phenoxy) is 1. The molecule has 1 fully saturated rings. The van der Waals surface area contributed by atoms with E-state index in [2.05, 4.69) is 42.4 Å². The van der Waals surface area contributed by atoms with Crippen molar-refractivity contribution in [1.29, 1.82) is 0 Å². The van der Waals surface area contributed by atoms with Crippen molar-refractivity contribution in [1.82, 2.24) is 30.2 Å². The van der Waals surface area contributed by atoms with Crippen LogP contribution in [0.3, 0.4) is 0 Å². The van der Waals surface area contributed by atoms with Gasteiger partial charge < -0.3 is 19.9 Å². The highest BCUT2D eigenvalue weighted by molar-refractivity contribution is 6.16. The van der Waals surface area contributed by atoms with Crippen molar-refractivity contribution in [2.45, 2.75) is 20.8 Å². The van der Waals surface area contributed by atoms with Crippen LogP contribution in [0.4, 0.5) is 15.9 Å². The number of fused-ring (bicyclic) bond motifs is 3. The Kier molecular flexibility index (Phi) is 5.01. The third-order valence-corrected chi connectivity index (χ3v) is 5.75. The third-order valence-electron chi connectivity index (χ3n) is 5.75. The molecule has 1 aromatic carbocycles. The van der Waals surface area contributed by atoms with E-state index in [4.69, 9.17) is 9.72 Å². The minimum absolute atomic E-state index is 0.175. The number of aryl methyl sites for hydroxylation is 2. The highest BCUT2D eigenvalue weighted by Crippen LogP contribution is 2.39. The molecule has 3 aromatic heterocycles. The minimum Gasteiger partial charge on any atom is -0.421 e. The Morgan fingerprint density at radius 1 is 1.19 bits per heavy atom. The second kappa shape index (κ2) is 7.86. The standard InChI is InChI=1S/C22H25FN8O/c1-11-6-25-10-31(9-11)21-18-17-12(2)15(23)5-16(24-4)19(17)28-20(18)29-22(30-21)32-14-7-26-13(3)27-8-14/h5,7-8,11,24-25H,6,9-10H2,1-4H3,(H,28,29,30). The van der Waals surface area contributed by atoms with E-state index in [-0.39, 0.29) is 11.8 Å². The molecule has 4 heterocycles. The number of hydrogen-bond acceptors (Lipinski definition) is 8. The smallest absolute Gasteiger partial charge is 0.326 e. The van der Waals surface area contributed by atoms with Gasteiger partial charge in [0.25, 0.3) is 0 Å². The molecule has 5 rings (SSSR count). The lowest BCUT2D eigenvalue weighted by Gasteiger charge is -2.33. The van der Waals surface area contributed by atoms with Crippen LogP contribution in [-0.2, 0) is 0 Å². The van der Waals surface area contributed by atoms with Crippen LogP contribution in [0.5, 0.6) is 11.8 Å². The maximum atomic E-state index is 14.8. The summed E-state index contributed by atoms with van der Waals surface area (Å²) < 4.78 is 20.7. The van der Waals surface area contributed by atoms with Crippen LogP contribution < -0.4 is 20.3 Å². The molecule has 0 bridgehead atoms. The summed E-state index contributed by atoms with van der Waals surface area (Å²) in [7, 11) is 1.77. The van der Waals surface area contributed by atoms with Crippen LogP contribution in [0.2, 0.25) is 0 Å². The van der Waals surface area contributed by atoms with Crippen molar-refractivity contribution in [2.24, 2.45) is 5.92 Å². The quantitative estimate of drug-likeness (QED) is 0.447. The van der Waals surface area contributed by atoms with E-state index in [0.29, 0.717) is 46.9 Å². The van der Waals surface area contributed by atoms with Crippen LogP contribution in [0.1, 0.15) is 18.3 Å². The lowest BCUT2D eigenvalue weighted by atomic mass is 10.1. The maximum absolute atomic E-state index is 14.8. The third kappa shape index (κ3) is 3.46. The van der Waals surface area contributed by atoms with Gasteiger partial charge in [-0.25, -0.2) is 14.4 Å². The van der Waals surface area contributed by atoms with Crippen LogP contribution in [0.15, 0.2) is 18.5 Å². The summed E-state index contributed by atoms with van der Waals surface area (Å²) in [6, 6.07) is 1.67. The van der Waals surface area contributed by atoms with Crippen LogP contribution in [0, 0.1) is 25.6 Å². The maximum Gasteiger partial charge on any atom is 0.326 e. The first-order valence-corrected chi connectivity index (χ1v) is 10.6. The van der Waals surface area contributed by atoms with Gasteiger partial charge in [0, 0.05) is 25.5 Å². The Balaban J connectivity index is 1.75. The SMILES string of the molecule is CNc1cc(F)c(C)c2c1[nH]c1nc(Oc3cnc(C)nc3)nc(N3CNCC(C)C3)c12. The normalized spacial score (nSPS) is 16.7. The molecule has 0 saturated carbocycles. The van der Waals surface area contributed by atoms with Gasteiger partial charge in [0.05, 0.1) is 35.7 Å². The van der Waals surface area contributed by atoms with Gasteiger partial charge in [-0.15, -0.1) is 0 Å². The average molecular weight is 436 g/mol. The van der Waals surface area contributed by atoms with Crippen molar-refractivity contribution in [3.63, 3.8) is 0 Å². The van der Waals surface area contributed by atoms with Crippen LogP contribution in [0.25, 0.3) is 21.9 Å². The monoisotopic (exact) mass is 436 g/mol. The van der Waals surface area contributed by atoms with Gasteiger partial charge in [-0.2, -0.15) is 9.97 Å². The van der Waals surface area contributed by atoms with Gasteiger partial charge in [-0.1, -0.05) is 6.92 Å². The van der Waals surface area contributed by atoms with E-state index in [1.807, 2.05) is 0 Å². The summed E-state index contributed by atoms with van der Waals surface area (Å²) in [5, 5.41) is 8.03. The zero-order valence-electron chi connectivity index (χ0n) is 18.5. The van der Waals surface area contributed by atoms with E-state index >= 15 is 0 Å². The molecule has 0 aliphatic carbocycles. The second-order valence-corrected chi connectivity index (χ2v) is 8.22. The fraction of sp³-hybridized carbons (Fsp3) is 0.364. The predicted molar refractivity (Wildman–Crippen MR) is 122 cm³/mol. The summed E-state index contributed by atoms with van der Waals surface area (Å²) in [5.41, 5.74) is 2.57. The Labute approximate surface area is 184 Å². The van der Waals surface area contributed by atoms with E-state index in [0.717, 1.165) is 29.4 Å². The van der Waals surface area contributed by atoms with Crippen LogP contribution in [-0.4, -0.2) is 51.7 Å². The zero-order valence-corrected chi connectivity index (χ0v) is 18.5. The molecular weight excluding hydrogens is 411 g/mol. The summed E-state index contributed by atoms with van der Waals surface area (Å²) in [6.45, 7) is 8.13. The molecule has 0 radical (unpaired) electrons. The molecule has 0 spiro atoms. The fourth-order valence-electron chi connectivity index (χ4n) is 4.18. The van der Waals surface area contributed by atoms with Gasteiger partial charge in [0.15, 0.2) is 5.75 Å². The Morgan fingerprint density at radius 2 is 1.97 bits per heavy atom. The molecule has 9 nitrogen and oxygen atoms in total. The highest BCUT2D eigenvalue weighted by Gasteiger charge is 2.25. The van der Waals surface area contributed by atoms with E-state index < -0.39 is 0 Å². The number of benzene rings is 1. The lowest BCUT2D eigenvalue weighted by molar-refractivity contribution is 0.426. The van der Waals surface area contributed by atoms with E-state index in [1.165, 1.54) is 6.07 Å². The van der Waals surface area contributed by atoms with E-state index in [9.17, 15) is 4.39 Å². The van der Waals surface area contributed by atoms with Gasteiger partial charge in [0.1, 0.15) is 23.1 Å². The largest absolute Gasteiger partial charge is 0.421 e. The van der Waals surface area contributed by atoms with Crippen molar-refractivity contribution in [2.75, 3.05) is 37.0 Å². The first kappa shape index (κ1) is 20.4. The fourth-order valence-corrected chi connectivity index (χ4v) is 4.18. The predicted octanol–water partition coefficient (Wildman–Crippen LogP) is 3.49. The van der Waals surface area contributed by atoms with Crippen molar-refractivity contribution in [3.8, 4) is 11.8 Å². The van der Waals surface area contributed by atoms with Gasteiger partial charge >= 0.3 is 6.01 Å². The Bertz CT molecular complexity index is 1300. The van der Waals surface area contributed by atoms with Gasteiger partial charge in [-0.3, -0.25) is 5.32 Å². The van der Waals surface area contributed by atoms with E-state index in [1.54, 1.807) is 33.3 Å². The molecule has 0 amide bonds. The topological polar surface area (TPSA) is 104 Å². The average Bonchev–Trinajstić information content (AvgIpc) is 3.17. The number of aromatic nitrogens is 5. The summed E-state index contributed by atoms with van der Waals surface area (Å²) in [6.07, 6.45) is 3.17. The van der Waals surface area contributed by atoms with Gasteiger partial charge in [0.2, 0.25) is 0 Å². The second-order valence-electron chi connectivity index (χ2n) is 8.22. The summed E-state index contributed by atoms with van der Waals surface area (Å²) in [4.78, 5) is 23.2. The molecule has 1 saturated heterocycles. The molecule has 32 heavy (non-hydrogen) atoms. The first-order valence-electron chi connectivity index (χ1n) is 10.6. The molecule has 4 aromatic rings.